The molecule has 0 saturated heterocycles. The van der Waals surface area contributed by atoms with E-state index in [2.05, 4.69) is 15.6 Å². The third-order valence-corrected chi connectivity index (χ3v) is 2.10. The molecular weight excluding hydrogens is 254 g/mol. The quantitative estimate of drug-likeness (QED) is 0.353. The zero-order valence-corrected chi connectivity index (χ0v) is 10.4. The van der Waals surface area contributed by atoms with E-state index < -0.39 is 4.92 Å². The maximum absolute atomic E-state index is 11.4. The van der Waals surface area contributed by atoms with Crippen LogP contribution in [0.1, 0.15) is 0 Å². The lowest BCUT2D eigenvalue weighted by Crippen LogP contribution is -2.32. The molecule has 4 N–H and O–H groups in total. The smallest absolute Gasteiger partial charge is 0.276 e. The van der Waals surface area contributed by atoms with Crippen LogP contribution in [-0.4, -0.2) is 42.6 Å². The number of nitrogens with zero attached hydrogens (tertiary/aromatic N) is 2. The number of rotatable bonds is 7. The number of anilines is 2. The summed E-state index contributed by atoms with van der Waals surface area (Å²) in [5.74, 6) is -0.0889. The van der Waals surface area contributed by atoms with Gasteiger partial charge in [0.2, 0.25) is 5.91 Å². The molecule has 0 atom stereocenters. The topological polar surface area (TPSA) is 132 Å². The first-order valence-electron chi connectivity index (χ1n) is 5.44. The summed E-state index contributed by atoms with van der Waals surface area (Å²) in [6, 6.07) is 2.35. The average Bonchev–Trinajstić information content (AvgIpc) is 2.36. The molecule has 1 heterocycles. The van der Waals surface area contributed by atoms with E-state index >= 15 is 0 Å². The maximum atomic E-state index is 11.4. The number of hydrogen-bond acceptors (Lipinski definition) is 7. The Bertz CT molecular complexity index is 465. The van der Waals surface area contributed by atoms with Gasteiger partial charge in [0.1, 0.15) is 11.6 Å². The van der Waals surface area contributed by atoms with E-state index in [4.69, 9.17) is 10.5 Å². The Labute approximate surface area is 109 Å². The second-order valence-electron chi connectivity index (χ2n) is 3.59. The van der Waals surface area contributed by atoms with Crippen LogP contribution in [0, 0.1) is 10.1 Å². The number of nitrogens with one attached hydrogen (secondary N) is 2. The number of amides is 1. The van der Waals surface area contributed by atoms with Crippen LogP contribution in [0.2, 0.25) is 0 Å². The molecule has 1 rings (SSSR count). The number of nitro groups is 1. The van der Waals surface area contributed by atoms with E-state index in [9.17, 15) is 14.9 Å². The number of ether oxygens (including phenoxy) is 1. The van der Waals surface area contributed by atoms with Crippen LogP contribution in [0.25, 0.3) is 0 Å². The molecule has 1 aromatic rings. The SMILES string of the molecule is COCCNC(=O)CNc1cc([N+](=O)[O-])cc(N)n1. The van der Waals surface area contributed by atoms with E-state index in [1.807, 2.05) is 0 Å². The number of nitrogens with two attached hydrogens (primary N) is 1. The average molecular weight is 269 g/mol. The number of hydrogen-bond donors (Lipinski definition) is 3. The lowest BCUT2D eigenvalue weighted by Gasteiger charge is -2.07. The predicted molar refractivity (Wildman–Crippen MR) is 68.7 cm³/mol. The van der Waals surface area contributed by atoms with Crippen molar-refractivity contribution in [1.29, 1.82) is 0 Å². The Hall–Kier alpha value is -2.42. The summed E-state index contributed by atoms with van der Waals surface area (Å²) in [5, 5.41) is 15.9. The molecule has 0 fully saturated rings. The second-order valence-corrected chi connectivity index (χ2v) is 3.59. The Kier molecular flexibility index (Phi) is 5.48. The molecule has 0 bridgehead atoms. The first kappa shape index (κ1) is 14.6. The van der Waals surface area contributed by atoms with Crippen molar-refractivity contribution in [2.45, 2.75) is 0 Å². The van der Waals surface area contributed by atoms with Crippen LogP contribution in [0.4, 0.5) is 17.3 Å². The zero-order valence-electron chi connectivity index (χ0n) is 10.4. The molecule has 1 amide bonds. The third kappa shape index (κ3) is 5.17. The van der Waals surface area contributed by atoms with Gasteiger partial charge in [0.05, 0.1) is 30.2 Å². The summed E-state index contributed by atoms with van der Waals surface area (Å²) in [6.45, 7) is 0.743. The minimum Gasteiger partial charge on any atom is -0.383 e. The van der Waals surface area contributed by atoms with Crippen LogP contribution in [0.15, 0.2) is 12.1 Å². The van der Waals surface area contributed by atoms with Gasteiger partial charge in [-0.2, -0.15) is 0 Å². The van der Waals surface area contributed by atoms with Gasteiger partial charge in [-0.3, -0.25) is 14.9 Å². The molecule has 0 aliphatic rings. The van der Waals surface area contributed by atoms with Crippen LogP contribution in [-0.2, 0) is 9.53 Å². The molecule has 0 aromatic carbocycles. The van der Waals surface area contributed by atoms with Crippen molar-refractivity contribution >= 4 is 23.2 Å². The van der Waals surface area contributed by atoms with Gasteiger partial charge in [-0.1, -0.05) is 0 Å². The number of methoxy groups -OCH3 is 1. The van der Waals surface area contributed by atoms with Gasteiger partial charge in [0.15, 0.2) is 0 Å². The molecule has 0 aliphatic heterocycles. The Morgan fingerprint density at radius 3 is 2.95 bits per heavy atom. The lowest BCUT2D eigenvalue weighted by molar-refractivity contribution is -0.384. The second kappa shape index (κ2) is 7.11. The number of carbonyl (C=O) groups excluding carboxylic acids is 1. The van der Waals surface area contributed by atoms with Crippen molar-refractivity contribution < 1.29 is 14.5 Å². The summed E-state index contributed by atoms with van der Waals surface area (Å²) in [6.07, 6.45) is 0. The summed E-state index contributed by atoms with van der Waals surface area (Å²) in [7, 11) is 1.53. The van der Waals surface area contributed by atoms with Gasteiger partial charge >= 0.3 is 0 Å². The Morgan fingerprint density at radius 1 is 1.58 bits per heavy atom. The molecule has 19 heavy (non-hydrogen) atoms. The number of carbonyl (C=O) groups is 1. The van der Waals surface area contributed by atoms with Crippen LogP contribution < -0.4 is 16.4 Å². The van der Waals surface area contributed by atoms with Crippen LogP contribution in [0.3, 0.4) is 0 Å². The number of pyridine rings is 1. The van der Waals surface area contributed by atoms with Gasteiger partial charge < -0.3 is 21.1 Å². The first-order valence-corrected chi connectivity index (χ1v) is 5.44. The van der Waals surface area contributed by atoms with Crippen LogP contribution in [0.5, 0.6) is 0 Å². The largest absolute Gasteiger partial charge is 0.383 e. The highest BCUT2D eigenvalue weighted by molar-refractivity contribution is 5.80. The summed E-state index contributed by atoms with van der Waals surface area (Å²) >= 11 is 0. The molecule has 0 spiro atoms. The van der Waals surface area contributed by atoms with E-state index in [-0.39, 0.29) is 29.8 Å². The predicted octanol–water partition coefficient (Wildman–Crippen LogP) is -0.253. The van der Waals surface area contributed by atoms with Crippen molar-refractivity contribution in [3.8, 4) is 0 Å². The monoisotopic (exact) mass is 269 g/mol. The first-order chi connectivity index (χ1) is 9.02. The highest BCUT2D eigenvalue weighted by Crippen LogP contribution is 2.18. The third-order valence-electron chi connectivity index (χ3n) is 2.10. The Balaban J connectivity index is 2.53. The summed E-state index contributed by atoms with van der Waals surface area (Å²) in [5.41, 5.74) is 5.24. The van der Waals surface area contributed by atoms with Crippen molar-refractivity contribution in [2.24, 2.45) is 0 Å². The zero-order chi connectivity index (χ0) is 14.3. The highest BCUT2D eigenvalue weighted by atomic mass is 16.6. The van der Waals surface area contributed by atoms with Crippen molar-refractivity contribution in [1.82, 2.24) is 10.3 Å². The molecule has 0 saturated carbocycles. The number of aromatic nitrogens is 1. The van der Waals surface area contributed by atoms with E-state index in [1.165, 1.54) is 13.2 Å². The van der Waals surface area contributed by atoms with Crippen LogP contribution >= 0.6 is 0 Å². The van der Waals surface area contributed by atoms with Gasteiger partial charge in [0, 0.05) is 13.7 Å². The van der Waals surface area contributed by atoms with E-state index in [0.29, 0.717) is 13.2 Å². The fourth-order valence-electron chi connectivity index (χ4n) is 1.26. The standard InChI is InChI=1S/C10H15N5O4/c1-19-3-2-12-10(16)6-13-9-5-7(15(17)18)4-8(11)14-9/h4-5H,2-3,6H2,1H3,(H,12,16)(H3,11,13,14). The minimum absolute atomic E-state index is 0.0106. The van der Waals surface area contributed by atoms with Gasteiger partial charge in [-0.05, 0) is 0 Å². The molecule has 0 aliphatic carbocycles. The van der Waals surface area contributed by atoms with Gasteiger partial charge in [-0.25, -0.2) is 4.98 Å². The molecule has 1 aromatic heterocycles. The maximum Gasteiger partial charge on any atom is 0.276 e. The molecular formula is C10H15N5O4. The molecule has 104 valence electrons. The van der Waals surface area contributed by atoms with Gasteiger partial charge in [-0.15, -0.1) is 0 Å². The normalized spacial score (nSPS) is 9.95. The van der Waals surface area contributed by atoms with Crippen molar-refractivity contribution in [3.05, 3.63) is 22.2 Å². The molecule has 9 nitrogen and oxygen atoms in total. The molecule has 0 radical (unpaired) electrons. The van der Waals surface area contributed by atoms with E-state index in [0.717, 1.165) is 6.07 Å². The minimum atomic E-state index is -0.581. The molecule has 0 unspecified atom stereocenters. The molecule has 9 heteroatoms. The lowest BCUT2D eigenvalue weighted by atomic mass is 10.3. The number of nitrogen functional groups attached to an aromatic ring is 1. The van der Waals surface area contributed by atoms with Gasteiger partial charge in [0.25, 0.3) is 5.69 Å². The fourth-order valence-corrected chi connectivity index (χ4v) is 1.26. The fraction of sp³-hybridized carbons (Fsp3) is 0.400. The van der Waals surface area contributed by atoms with Crippen molar-refractivity contribution in [3.63, 3.8) is 0 Å². The summed E-state index contributed by atoms with van der Waals surface area (Å²) in [4.78, 5) is 25.3. The van der Waals surface area contributed by atoms with E-state index in [1.54, 1.807) is 0 Å². The van der Waals surface area contributed by atoms with Crippen molar-refractivity contribution in [2.75, 3.05) is 37.9 Å². The Morgan fingerprint density at radius 2 is 2.32 bits per heavy atom. The summed E-state index contributed by atoms with van der Waals surface area (Å²) < 4.78 is 4.77. The highest BCUT2D eigenvalue weighted by Gasteiger charge is 2.10.